The molecule has 1 rings (SSSR count). The molecule has 0 saturated carbocycles. The van der Waals surface area contributed by atoms with Crippen molar-refractivity contribution >= 4 is 16.7 Å². The first-order valence-corrected chi connectivity index (χ1v) is 5.60. The quantitative estimate of drug-likeness (QED) is 0.898. The van der Waals surface area contributed by atoms with Crippen LogP contribution >= 0.6 is 11.5 Å². The van der Waals surface area contributed by atoms with E-state index in [0.29, 0.717) is 11.0 Å². The molecule has 7 heteroatoms. The van der Waals surface area contributed by atoms with Crippen molar-refractivity contribution in [3.8, 4) is 0 Å². The summed E-state index contributed by atoms with van der Waals surface area (Å²) in [7, 11) is 0. The van der Waals surface area contributed by atoms with Gasteiger partial charge in [-0.15, -0.1) is 0 Å². The van der Waals surface area contributed by atoms with Gasteiger partial charge in [0.2, 0.25) is 5.13 Å². The zero-order chi connectivity index (χ0) is 12.4. The zero-order valence-corrected chi connectivity index (χ0v) is 10.2. The molecular formula is C9H14F3N3S. The largest absolute Gasteiger partial charge is 0.390 e. The fourth-order valence-corrected chi connectivity index (χ4v) is 1.69. The Hall–Kier alpha value is -0.850. The summed E-state index contributed by atoms with van der Waals surface area (Å²) in [6.45, 7) is 5.69. The van der Waals surface area contributed by atoms with Crippen LogP contribution in [0.4, 0.5) is 18.3 Å². The second-order valence-electron chi connectivity index (χ2n) is 4.47. The van der Waals surface area contributed by atoms with E-state index in [4.69, 9.17) is 0 Å². The SMILES string of the molecule is CC(C)(C)c1nsc(NCCC(F)(F)F)n1. The summed E-state index contributed by atoms with van der Waals surface area (Å²) < 4.78 is 39.7. The van der Waals surface area contributed by atoms with Gasteiger partial charge in [0, 0.05) is 23.5 Å². The molecule has 0 atom stereocenters. The number of nitrogens with one attached hydrogen (secondary N) is 1. The van der Waals surface area contributed by atoms with Gasteiger partial charge >= 0.3 is 6.18 Å². The Morgan fingerprint density at radius 2 is 1.88 bits per heavy atom. The van der Waals surface area contributed by atoms with Crippen LogP contribution in [0.2, 0.25) is 0 Å². The summed E-state index contributed by atoms with van der Waals surface area (Å²) >= 11 is 1.09. The normalized spacial score (nSPS) is 12.9. The van der Waals surface area contributed by atoms with E-state index in [0.717, 1.165) is 11.5 Å². The highest BCUT2D eigenvalue weighted by atomic mass is 32.1. The number of anilines is 1. The van der Waals surface area contributed by atoms with E-state index in [9.17, 15) is 13.2 Å². The van der Waals surface area contributed by atoms with Crippen molar-refractivity contribution in [3.05, 3.63) is 5.82 Å². The Morgan fingerprint density at radius 1 is 1.25 bits per heavy atom. The van der Waals surface area contributed by atoms with Crippen LogP contribution in [-0.2, 0) is 5.41 Å². The van der Waals surface area contributed by atoms with Gasteiger partial charge in [0.15, 0.2) is 0 Å². The number of nitrogens with zero attached hydrogens (tertiary/aromatic N) is 2. The zero-order valence-electron chi connectivity index (χ0n) is 9.35. The van der Waals surface area contributed by atoms with E-state index < -0.39 is 12.6 Å². The van der Waals surface area contributed by atoms with Crippen molar-refractivity contribution in [2.24, 2.45) is 0 Å². The lowest BCUT2D eigenvalue weighted by molar-refractivity contribution is -0.131. The van der Waals surface area contributed by atoms with Crippen molar-refractivity contribution in [2.45, 2.75) is 38.8 Å². The molecule has 1 aromatic heterocycles. The highest BCUT2D eigenvalue weighted by Crippen LogP contribution is 2.24. The molecule has 92 valence electrons. The van der Waals surface area contributed by atoms with Gasteiger partial charge in [-0.25, -0.2) is 4.98 Å². The fraction of sp³-hybridized carbons (Fsp3) is 0.778. The minimum atomic E-state index is -4.13. The van der Waals surface area contributed by atoms with Crippen LogP contribution in [0.3, 0.4) is 0 Å². The van der Waals surface area contributed by atoms with Gasteiger partial charge in [-0.05, 0) is 0 Å². The summed E-state index contributed by atoms with van der Waals surface area (Å²) in [5, 5.41) is 3.06. The van der Waals surface area contributed by atoms with E-state index >= 15 is 0 Å². The van der Waals surface area contributed by atoms with Crippen molar-refractivity contribution in [2.75, 3.05) is 11.9 Å². The van der Waals surface area contributed by atoms with Gasteiger partial charge in [0.1, 0.15) is 5.82 Å². The second kappa shape index (κ2) is 4.57. The summed E-state index contributed by atoms with van der Waals surface area (Å²) in [6, 6.07) is 0. The predicted molar refractivity (Wildman–Crippen MR) is 57.8 cm³/mol. The van der Waals surface area contributed by atoms with E-state index in [1.165, 1.54) is 0 Å². The maximum Gasteiger partial charge on any atom is 0.390 e. The predicted octanol–water partition coefficient (Wildman–Crippen LogP) is 3.20. The van der Waals surface area contributed by atoms with E-state index in [2.05, 4.69) is 14.7 Å². The van der Waals surface area contributed by atoms with Gasteiger partial charge in [0.05, 0.1) is 6.42 Å². The standard InChI is InChI=1S/C9H14F3N3S/c1-8(2,3)6-14-7(16-15-6)13-5-4-9(10,11)12/h4-5H2,1-3H3,(H,13,14,15). The lowest BCUT2D eigenvalue weighted by Crippen LogP contribution is -2.15. The topological polar surface area (TPSA) is 37.8 Å². The van der Waals surface area contributed by atoms with Gasteiger partial charge in [-0.3, -0.25) is 0 Å². The monoisotopic (exact) mass is 253 g/mol. The molecule has 0 aliphatic heterocycles. The first kappa shape index (κ1) is 13.2. The number of alkyl halides is 3. The molecule has 3 nitrogen and oxygen atoms in total. The first-order valence-electron chi connectivity index (χ1n) is 4.83. The Bertz CT molecular complexity index is 341. The van der Waals surface area contributed by atoms with Gasteiger partial charge in [0.25, 0.3) is 0 Å². The van der Waals surface area contributed by atoms with Crippen LogP contribution in [0.15, 0.2) is 0 Å². The van der Waals surface area contributed by atoms with Crippen LogP contribution in [0.1, 0.15) is 33.0 Å². The number of halogens is 3. The molecule has 0 aromatic carbocycles. The summed E-state index contributed by atoms with van der Waals surface area (Å²) in [5.74, 6) is 0.645. The second-order valence-corrected chi connectivity index (χ2v) is 5.22. The minimum absolute atomic E-state index is 0.164. The molecular weight excluding hydrogens is 239 g/mol. The third kappa shape index (κ3) is 4.34. The molecule has 1 aromatic rings. The van der Waals surface area contributed by atoms with Crippen molar-refractivity contribution in [1.29, 1.82) is 0 Å². The molecule has 0 aliphatic carbocycles. The van der Waals surface area contributed by atoms with E-state index in [-0.39, 0.29) is 12.0 Å². The highest BCUT2D eigenvalue weighted by molar-refractivity contribution is 7.09. The summed E-state index contributed by atoms with van der Waals surface area (Å²) in [4.78, 5) is 4.13. The summed E-state index contributed by atoms with van der Waals surface area (Å²) in [5.41, 5.74) is -0.180. The van der Waals surface area contributed by atoms with Crippen LogP contribution in [0.5, 0.6) is 0 Å². The Morgan fingerprint density at radius 3 is 2.31 bits per heavy atom. The number of rotatable bonds is 3. The average Bonchev–Trinajstić information content (AvgIpc) is 2.49. The number of aromatic nitrogens is 2. The maximum atomic E-state index is 11.9. The first-order chi connectivity index (χ1) is 7.18. The Labute approximate surface area is 96.3 Å². The minimum Gasteiger partial charge on any atom is -0.360 e. The highest BCUT2D eigenvalue weighted by Gasteiger charge is 2.26. The lowest BCUT2D eigenvalue weighted by Gasteiger charge is -2.12. The van der Waals surface area contributed by atoms with E-state index in [1.54, 1.807) is 0 Å². The molecule has 1 heterocycles. The van der Waals surface area contributed by atoms with Gasteiger partial charge in [-0.1, -0.05) is 20.8 Å². The van der Waals surface area contributed by atoms with Crippen LogP contribution in [0, 0.1) is 0 Å². The van der Waals surface area contributed by atoms with Gasteiger partial charge in [-0.2, -0.15) is 17.5 Å². The third-order valence-corrected chi connectivity index (χ3v) is 2.45. The lowest BCUT2D eigenvalue weighted by atomic mass is 9.96. The van der Waals surface area contributed by atoms with Crippen molar-refractivity contribution < 1.29 is 13.2 Å². The number of hydrogen-bond acceptors (Lipinski definition) is 4. The molecule has 0 bridgehead atoms. The molecule has 1 N–H and O–H groups in total. The third-order valence-electron chi connectivity index (χ3n) is 1.78. The van der Waals surface area contributed by atoms with Crippen LogP contribution in [0.25, 0.3) is 0 Å². The van der Waals surface area contributed by atoms with Crippen molar-refractivity contribution in [1.82, 2.24) is 9.36 Å². The average molecular weight is 253 g/mol. The van der Waals surface area contributed by atoms with Crippen LogP contribution in [-0.4, -0.2) is 22.1 Å². The van der Waals surface area contributed by atoms with Gasteiger partial charge < -0.3 is 5.32 Å². The Kier molecular flexibility index (Phi) is 3.77. The molecule has 0 spiro atoms. The molecule has 0 radical (unpaired) electrons. The van der Waals surface area contributed by atoms with E-state index in [1.807, 2.05) is 20.8 Å². The molecule has 0 amide bonds. The number of hydrogen-bond donors (Lipinski definition) is 1. The van der Waals surface area contributed by atoms with Crippen LogP contribution < -0.4 is 5.32 Å². The Balaban J connectivity index is 2.48. The van der Waals surface area contributed by atoms with Crippen molar-refractivity contribution in [3.63, 3.8) is 0 Å². The molecule has 0 unspecified atom stereocenters. The smallest absolute Gasteiger partial charge is 0.360 e. The molecule has 0 saturated heterocycles. The maximum absolute atomic E-state index is 11.9. The molecule has 0 aliphatic rings. The molecule has 0 fully saturated rings. The molecule has 16 heavy (non-hydrogen) atoms. The summed E-state index contributed by atoms with van der Waals surface area (Å²) in [6.07, 6.45) is -5.00. The fourth-order valence-electron chi connectivity index (χ4n) is 0.911.